The van der Waals surface area contributed by atoms with Crippen LogP contribution in [0.2, 0.25) is 0 Å². The Hall–Kier alpha value is -2.85. The van der Waals surface area contributed by atoms with Crippen LogP contribution in [0.4, 0.5) is 0 Å². The zero-order valence-electron chi connectivity index (χ0n) is 16.1. The second-order valence-corrected chi connectivity index (χ2v) is 9.09. The first-order valence-corrected chi connectivity index (χ1v) is 10.9. The average Bonchev–Trinajstić information content (AvgIpc) is 3.34. The molecule has 0 aliphatic carbocycles. The first-order valence-electron chi connectivity index (χ1n) is 9.68. The van der Waals surface area contributed by atoms with Gasteiger partial charge in [0.15, 0.2) is 0 Å². The molecule has 0 saturated carbocycles. The third-order valence-electron chi connectivity index (χ3n) is 5.29. The van der Waals surface area contributed by atoms with Crippen LogP contribution in [-0.2, 0) is 0 Å². The Morgan fingerprint density at radius 3 is 2.79 bits per heavy atom. The molecule has 2 aromatic carbocycles. The zero-order valence-corrected chi connectivity index (χ0v) is 17.0. The third kappa shape index (κ3) is 2.85. The van der Waals surface area contributed by atoms with Crippen LogP contribution in [0.15, 0.2) is 70.8 Å². The molecule has 0 spiro atoms. The summed E-state index contributed by atoms with van der Waals surface area (Å²) in [5, 5.41) is 4.80. The summed E-state index contributed by atoms with van der Waals surface area (Å²) in [4.78, 5) is 9.52. The van der Waals surface area contributed by atoms with Gasteiger partial charge in [0.1, 0.15) is 5.49 Å². The summed E-state index contributed by atoms with van der Waals surface area (Å²) >= 11 is 0. The van der Waals surface area contributed by atoms with Crippen LogP contribution < -0.4 is 10.7 Å². The van der Waals surface area contributed by atoms with Crippen LogP contribution in [0.3, 0.4) is 0 Å². The van der Waals surface area contributed by atoms with Crippen molar-refractivity contribution in [3.63, 3.8) is 0 Å². The van der Waals surface area contributed by atoms with Gasteiger partial charge in [-0.15, -0.1) is 0 Å². The van der Waals surface area contributed by atoms with Crippen molar-refractivity contribution in [1.29, 1.82) is 0 Å². The molecule has 140 valence electrons. The number of rotatable bonds is 3. The number of H-pyrrole nitrogens is 1. The van der Waals surface area contributed by atoms with E-state index < -0.39 is 0 Å². The number of aromatic amines is 1. The van der Waals surface area contributed by atoms with Crippen molar-refractivity contribution in [2.45, 2.75) is 25.2 Å². The zero-order chi connectivity index (χ0) is 19.1. The van der Waals surface area contributed by atoms with Crippen molar-refractivity contribution in [2.24, 2.45) is 4.99 Å². The third-order valence-corrected chi connectivity index (χ3v) is 7.19. The number of nitrogens with one attached hydrogen (secondary N) is 1. The van der Waals surface area contributed by atoms with Crippen LogP contribution in [0.5, 0.6) is 0 Å². The van der Waals surface area contributed by atoms with Gasteiger partial charge in [-0.3, -0.25) is 8.96 Å². The normalized spacial score (nSPS) is 14.5. The highest BCUT2D eigenvalue weighted by Gasteiger charge is 2.14. The lowest BCUT2D eigenvalue weighted by Crippen LogP contribution is -2.31. The molecule has 1 atom stereocenters. The van der Waals surface area contributed by atoms with Crippen molar-refractivity contribution in [1.82, 2.24) is 8.96 Å². The smallest absolute Gasteiger partial charge is 0.145 e. The minimum absolute atomic E-state index is 0.156. The topological polar surface area (TPSA) is 33.1 Å². The molecular formula is C24H23N3S. The summed E-state index contributed by atoms with van der Waals surface area (Å²) in [6, 6.07) is 17.6. The Bertz CT molecular complexity index is 1320. The Morgan fingerprint density at radius 2 is 1.96 bits per heavy atom. The molecule has 2 aromatic heterocycles. The second kappa shape index (κ2) is 6.95. The van der Waals surface area contributed by atoms with Crippen molar-refractivity contribution < 1.29 is 0 Å². The molecule has 28 heavy (non-hydrogen) atoms. The van der Waals surface area contributed by atoms with Crippen LogP contribution in [-0.4, -0.2) is 20.9 Å². The van der Waals surface area contributed by atoms with Crippen molar-refractivity contribution >= 4 is 33.0 Å². The van der Waals surface area contributed by atoms with Crippen molar-refractivity contribution in [3.8, 4) is 11.1 Å². The molecule has 0 amide bonds. The first kappa shape index (κ1) is 17.3. The Morgan fingerprint density at radius 1 is 1.11 bits per heavy atom. The predicted octanol–water partition coefficient (Wildman–Crippen LogP) is 4.66. The molecule has 1 aliphatic rings. The highest BCUT2D eigenvalue weighted by atomic mass is 32.2. The van der Waals surface area contributed by atoms with Crippen LogP contribution >= 0.6 is 10.7 Å². The van der Waals surface area contributed by atoms with Gasteiger partial charge in [-0.1, -0.05) is 40.5 Å². The fraction of sp³-hybridized carbons (Fsp3) is 0.167. The number of nitrogens with zero attached hydrogens (tertiary/aromatic N) is 2. The van der Waals surface area contributed by atoms with Crippen LogP contribution in [0.25, 0.3) is 28.1 Å². The molecule has 3 heterocycles. The van der Waals surface area contributed by atoms with E-state index >= 15 is 0 Å². The molecule has 3 nitrogen and oxygen atoms in total. The lowest BCUT2D eigenvalue weighted by Gasteiger charge is -2.12. The molecule has 1 aliphatic heterocycles. The van der Waals surface area contributed by atoms with Gasteiger partial charge in [-0.25, -0.2) is 0 Å². The van der Waals surface area contributed by atoms with Gasteiger partial charge in [0, 0.05) is 40.1 Å². The summed E-state index contributed by atoms with van der Waals surface area (Å²) in [5.74, 6) is 0. The maximum absolute atomic E-state index is 4.92. The van der Waals surface area contributed by atoms with E-state index in [-0.39, 0.29) is 10.7 Å². The molecule has 0 radical (unpaired) electrons. The van der Waals surface area contributed by atoms with Gasteiger partial charge in [0.25, 0.3) is 0 Å². The largest absolute Gasteiger partial charge is 0.361 e. The summed E-state index contributed by atoms with van der Waals surface area (Å²) in [6.07, 6.45) is 7.65. The van der Waals surface area contributed by atoms with Gasteiger partial charge in [-0.2, -0.15) is 0 Å². The van der Waals surface area contributed by atoms with Gasteiger partial charge < -0.3 is 4.98 Å². The van der Waals surface area contributed by atoms with Crippen LogP contribution in [0, 0.1) is 6.92 Å². The molecule has 1 unspecified atom stereocenters. The number of hydrogen-bond acceptors (Lipinski definition) is 1. The average molecular weight is 386 g/mol. The number of benzene rings is 2. The quantitative estimate of drug-likeness (QED) is 0.498. The number of aryl methyl sites for hydroxylation is 1. The molecule has 0 bridgehead atoms. The number of aromatic nitrogens is 2. The van der Waals surface area contributed by atoms with E-state index in [1.54, 1.807) is 0 Å². The van der Waals surface area contributed by atoms with E-state index in [4.69, 9.17) is 4.99 Å². The first-order chi connectivity index (χ1) is 13.7. The van der Waals surface area contributed by atoms with Crippen molar-refractivity contribution in [3.05, 3.63) is 77.2 Å². The predicted molar refractivity (Wildman–Crippen MR) is 121 cm³/mol. The molecule has 0 fully saturated rings. The minimum atomic E-state index is -0.156. The Kier molecular flexibility index (Phi) is 4.29. The Labute approximate surface area is 167 Å². The summed E-state index contributed by atoms with van der Waals surface area (Å²) in [6.45, 7) is 5.14. The maximum Gasteiger partial charge on any atom is 0.145 e. The standard InChI is InChI=1S/C24H23N3S/c1-3-28(20-9-6-17(2)7-10-20)27-16-22(21-5-4-13-26-24(21)27)18-8-11-23-19(15-18)12-14-25-23/h3,5-12,14-16,25H,4,13H2,1-2H3. The minimum Gasteiger partial charge on any atom is -0.361 e. The van der Waals surface area contributed by atoms with Gasteiger partial charge in [0.2, 0.25) is 0 Å². The lowest BCUT2D eigenvalue weighted by atomic mass is 10.0. The SMILES string of the molecule is C/C=S(\c1ccc(C)cc1)n1cc(-c2ccc3[nH]ccc3c2)c2c1=NCCC=2. The maximum atomic E-state index is 4.92. The molecule has 0 saturated heterocycles. The molecule has 5 rings (SSSR count). The molecular weight excluding hydrogens is 362 g/mol. The summed E-state index contributed by atoms with van der Waals surface area (Å²) < 4.78 is 2.37. The number of hydrogen-bond donors (Lipinski definition) is 1. The fourth-order valence-corrected chi connectivity index (χ4v) is 5.57. The number of fused-ring (bicyclic) bond motifs is 2. The fourth-order valence-electron chi connectivity index (χ4n) is 3.86. The van der Waals surface area contributed by atoms with Gasteiger partial charge in [0.05, 0.1) is 0 Å². The van der Waals surface area contributed by atoms with E-state index in [0.29, 0.717) is 0 Å². The van der Waals surface area contributed by atoms with E-state index in [1.807, 2.05) is 6.20 Å². The Balaban J connectivity index is 1.73. The van der Waals surface area contributed by atoms with Crippen LogP contribution in [0.1, 0.15) is 18.9 Å². The van der Waals surface area contributed by atoms with Gasteiger partial charge >= 0.3 is 0 Å². The highest BCUT2D eigenvalue weighted by Crippen LogP contribution is 2.29. The monoisotopic (exact) mass is 385 g/mol. The molecule has 1 N–H and O–H groups in total. The highest BCUT2D eigenvalue weighted by molar-refractivity contribution is 8.13. The summed E-state index contributed by atoms with van der Waals surface area (Å²) in [7, 11) is -0.156. The molecule has 4 heteroatoms. The van der Waals surface area contributed by atoms with E-state index in [1.165, 1.54) is 37.7 Å². The van der Waals surface area contributed by atoms with Crippen molar-refractivity contribution in [2.75, 3.05) is 6.54 Å². The van der Waals surface area contributed by atoms with Gasteiger partial charge in [-0.05, 0) is 66.9 Å². The van der Waals surface area contributed by atoms with E-state index in [2.05, 4.69) is 89.0 Å². The van der Waals surface area contributed by atoms with E-state index in [0.717, 1.165) is 18.5 Å². The lowest BCUT2D eigenvalue weighted by molar-refractivity contribution is 0.920. The summed E-state index contributed by atoms with van der Waals surface area (Å²) in [5.41, 5.74) is 6.09. The van der Waals surface area contributed by atoms with E-state index in [9.17, 15) is 0 Å². The second-order valence-electron chi connectivity index (χ2n) is 7.12. The molecule has 4 aromatic rings.